The molecule has 0 saturated carbocycles. The van der Waals surface area contributed by atoms with Gasteiger partial charge in [-0.3, -0.25) is 9.69 Å². The van der Waals surface area contributed by atoms with Crippen molar-refractivity contribution in [1.29, 1.82) is 0 Å². The summed E-state index contributed by atoms with van der Waals surface area (Å²) in [6, 6.07) is 19.3. The highest BCUT2D eigenvalue weighted by atomic mass is 16.5. The number of hydrogen-bond acceptors (Lipinski definition) is 6. The number of nitrogens with zero attached hydrogens (tertiary/aromatic N) is 3. The molecule has 174 valence electrons. The van der Waals surface area contributed by atoms with Crippen LogP contribution in [0.3, 0.4) is 0 Å². The van der Waals surface area contributed by atoms with Crippen LogP contribution in [0.2, 0.25) is 0 Å². The zero-order chi connectivity index (χ0) is 23.5. The number of ether oxygens (including phenoxy) is 2. The van der Waals surface area contributed by atoms with E-state index in [1.54, 1.807) is 20.5 Å². The lowest BCUT2D eigenvalue weighted by molar-refractivity contribution is 0.0630. The normalized spacial score (nSPS) is 14.4. The minimum atomic E-state index is 0.0252. The summed E-state index contributed by atoms with van der Waals surface area (Å²) in [5, 5.41) is 0.857. The number of methoxy groups -OCH3 is 2. The number of para-hydroxylation sites is 1. The van der Waals surface area contributed by atoms with Crippen molar-refractivity contribution in [3.05, 3.63) is 78.1 Å². The molecular weight excluding hydrogens is 430 g/mol. The van der Waals surface area contributed by atoms with E-state index < -0.39 is 0 Å². The van der Waals surface area contributed by atoms with Crippen molar-refractivity contribution in [2.75, 3.05) is 40.4 Å². The van der Waals surface area contributed by atoms with Crippen LogP contribution < -0.4 is 9.47 Å². The lowest BCUT2D eigenvalue weighted by Crippen LogP contribution is -2.48. The highest BCUT2D eigenvalue weighted by Crippen LogP contribution is 2.29. The number of piperazine rings is 1. The number of amides is 1. The largest absolute Gasteiger partial charge is 0.493 e. The topological polar surface area (TPSA) is 68.0 Å². The Labute approximate surface area is 198 Å². The quantitative estimate of drug-likeness (QED) is 0.426. The number of benzene rings is 2. The van der Waals surface area contributed by atoms with Crippen LogP contribution in [0.25, 0.3) is 22.4 Å². The SMILES string of the molecule is COc1ccc(CN2CCN(C(=O)c3cc(-c4ccco4)nc4ccccc34)CC2)cc1OC. The fourth-order valence-corrected chi connectivity index (χ4v) is 4.42. The Morgan fingerprint density at radius 3 is 2.47 bits per heavy atom. The molecule has 0 N–H and O–H groups in total. The summed E-state index contributed by atoms with van der Waals surface area (Å²) in [7, 11) is 3.28. The summed E-state index contributed by atoms with van der Waals surface area (Å²) in [4.78, 5) is 22.6. The number of aromatic nitrogens is 1. The first kappa shape index (κ1) is 22.0. The van der Waals surface area contributed by atoms with Gasteiger partial charge in [0.2, 0.25) is 0 Å². The average Bonchev–Trinajstić information content (AvgIpc) is 3.43. The van der Waals surface area contributed by atoms with Gasteiger partial charge in [-0.2, -0.15) is 0 Å². The zero-order valence-corrected chi connectivity index (χ0v) is 19.4. The van der Waals surface area contributed by atoms with E-state index in [1.165, 1.54) is 0 Å². The summed E-state index contributed by atoms with van der Waals surface area (Å²) >= 11 is 0. The molecule has 5 rings (SSSR count). The summed E-state index contributed by atoms with van der Waals surface area (Å²) < 4.78 is 16.3. The van der Waals surface area contributed by atoms with Crippen molar-refractivity contribution in [2.24, 2.45) is 0 Å². The molecule has 0 radical (unpaired) electrons. The number of carbonyl (C=O) groups excluding carboxylic acids is 1. The van der Waals surface area contributed by atoms with Gasteiger partial charge in [0, 0.05) is 38.1 Å². The molecule has 1 aliphatic heterocycles. The molecule has 0 spiro atoms. The van der Waals surface area contributed by atoms with E-state index in [4.69, 9.17) is 18.9 Å². The van der Waals surface area contributed by atoms with Crippen LogP contribution in [0.5, 0.6) is 11.5 Å². The molecule has 0 atom stereocenters. The van der Waals surface area contributed by atoms with Gasteiger partial charge in [0.05, 0.1) is 31.6 Å². The third-order valence-electron chi connectivity index (χ3n) is 6.23. The predicted molar refractivity (Wildman–Crippen MR) is 130 cm³/mol. The first-order valence-electron chi connectivity index (χ1n) is 11.3. The second-order valence-electron chi connectivity index (χ2n) is 8.31. The van der Waals surface area contributed by atoms with E-state index in [0.29, 0.717) is 30.1 Å². The fourth-order valence-electron chi connectivity index (χ4n) is 4.42. The Bertz CT molecular complexity index is 1290. The van der Waals surface area contributed by atoms with E-state index >= 15 is 0 Å². The van der Waals surface area contributed by atoms with Gasteiger partial charge in [-0.25, -0.2) is 4.98 Å². The van der Waals surface area contributed by atoms with Crippen LogP contribution in [0.15, 0.2) is 71.3 Å². The molecule has 7 heteroatoms. The first-order chi connectivity index (χ1) is 16.7. The van der Waals surface area contributed by atoms with Crippen LogP contribution in [-0.4, -0.2) is 61.1 Å². The number of fused-ring (bicyclic) bond motifs is 1. The van der Waals surface area contributed by atoms with Gasteiger partial charge in [0.15, 0.2) is 17.3 Å². The molecule has 2 aromatic heterocycles. The lowest BCUT2D eigenvalue weighted by atomic mass is 10.0. The van der Waals surface area contributed by atoms with E-state index in [-0.39, 0.29) is 5.91 Å². The molecule has 7 nitrogen and oxygen atoms in total. The molecule has 4 aromatic rings. The standard InChI is InChI=1S/C27H27N3O4/c1-32-25-10-9-19(16-26(25)33-2)18-29-11-13-30(14-12-29)27(31)21-17-23(24-8-5-15-34-24)28-22-7-4-3-6-20(21)22/h3-10,15-17H,11-14,18H2,1-2H3. The van der Waals surface area contributed by atoms with E-state index in [2.05, 4.69) is 11.0 Å². The first-order valence-corrected chi connectivity index (χ1v) is 11.3. The van der Waals surface area contributed by atoms with Crippen LogP contribution >= 0.6 is 0 Å². The second-order valence-corrected chi connectivity index (χ2v) is 8.31. The van der Waals surface area contributed by atoms with Gasteiger partial charge in [0.25, 0.3) is 5.91 Å². The number of carbonyl (C=O) groups is 1. The Balaban J connectivity index is 1.32. The van der Waals surface area contributed by atoms with Crippen molar-refractivity contribution in [1.82, 2.24) is 14.8 Å². The van der Waals surface area contributed by atoms with Crippen LogP contribution in [0.4, 0.5) is 0 Å². The van der Waals surface area contributed by atoms with Crippen molar-refractivity contribution in [3.63, 3.8) is 0 Å². The zero-order valence-electron chi connectivity index (χ0n) is 19.4. The lowest BCUT2D eigenvalue weighted by Gasteiger charge is -2.35. The van der Waals surface area contributed by atoms with E-state index in [0.717, 1.165) is 47.6 Å². The fraction of sp³-hybridized carbons (Fsp3) is 0.259. The summed E-state index contributed by atoms with van der Waals surface area (Å²) in [6.45, 7) is 3.73. The third kappa shape index (κ3) is 4.34. The Kier molecular flexibility index (Phi) is 6.18. The maximum Gasteiger partial charge on any atom is 0.254 e. The molecule has 1 saturated heterocycles. The third-order valence-corrected chi connectivity index (χ3v) is 6.23. The van der Waals surface area contributed by atoms with Crippen molar-refractivity contribution in [3.8, 4) is 23.0 Å². The molecular formula is C27H27N3O4. The number of hydrogen-bond donors (Lipinski definition) is 0. The van der Waals surface area contributed by atoms with Crippen molar-refractivity contribution >= 4 is 16.8 Å². The van der Waals surface area contributed by atoms with Crippen molar-refractivity contribution in [2.45, 2.75) is 6.54 Å². The van der Waals surface area contributed by atoms with Gasteiger partial charge < -0.3 is 18.8 Å². The average molecular weight is 458 g/mol. The van der Waals surface area contributed by atoms with Gasteiger partial charge in [-0.05, 0) is 42.0 Å². The molecule has 0 unspecified atom stereocenters. The molecule has 2 aromatic carbocycles. The van der Waals surface area contributed by atoms with E-state index in [1.807, 2.05) is 59.5 Å². The van der Waals surface area contributed by atoms with Gasteiger partial charge >= 0.3 is 0 Å². The summed E-state index contributed by atoms with van der Waals surface area (Å²) in [5.41, 5.74) is 3.26. The monoisotopic (exact) mass is 457 g/mol. The van der Waals surface area contributed by atoms with Crippen LogP contribution in [-0.2, 0) is 6.54 Å². The molecule has 1 fully saturated rings. The molecule has 0 bridgehead atoms. The number of pyridine rings is 1. The van der Waals surface area contributed by atoms with Gasteiger partial charge in [0.1, 0.15) is 5.69 Å². The molecule has 1 aliphatic rings. The minimum absolute atomic E-state index is 0.0252. The maximum absolute atomic E-state index is 13.6. The summed E-state index contributed by atoms with van der Waals surface area (Å²) in [6.07, 6.45) is 1.62. The van der Waals surface area contributed by atoms with Gasteiger partial charge in [-0.1, -0.05) is 24.3 Å². The van der Waals surface area contributed by atoms with Crippen molar-refractivity contribution < 1.29 is 18.7 Å². The molecule has 1 amide bonds. The number of rotatable bonds is 6. The smallest absolute Gasteiger partial charge is 0.254 e. The van der Waals surface area contributed by atoms with Gasteiger partial charge in [-0.15, -0.1) is 0 Å². The highest BCUT2D eigenvalue weighted by Gasteiger charge is 2.25. The molecule has 34 heavy (non-hydrogen) atoms. The Hall–Kier alpha value is -3.84. The summed E-state index contributed by atoms with van der Waals surface area (Å²) in [5.74, 6) is 2.13. The Morgan fingerprint density at radius 1 is 0.941 bits per heavy atom. The highest BCUT2D eigenvalue weighted by molar-refractivity contribution is 6.07. The Morgan fingerprint density at radius 2 is 1.74 bits per heavy atom. The molecule has 3 heterocycles. The minimum Gasteiger partial charge on any atom is -0.493 e. The second kappa shape index (κ2) is 9.57. The predicted octanol–water partition coefficient (Wildman–Crippen LogP) is 4.47. The number of furan rings is 1. The maximum atomic E-state index is 13.6. The van der Waals surface area contributed by atoms with Crippen LogP contribution in [0.1, 0.15) is 15.9 Å². The van der Waals surface area contributed by atoms with E-state index in [9.17, 15) is 4.79 Å². The van der Waals surface area contributed by atoms with Crippen LogP contribution in [0, 0.1) is 0 Å². The molecule has 0 aliphatic carbocycles.